The number of alkyl halides is 2. The summed E-state index contributed by atoms with van der Waals surface area (Å²) < 4.78 is 29.6. The molecule has 9 heteroatoms. The van der Waals surface area contributed by atoms with Gasteiger partial charge >= 0.3 is 6.61 Å². The summed E-state index contributed by atoms with van der Waals surface area (Å²) in [6.07, 6.45) is 0. The van der Waals surface area contributed by atoms with Gasteiger partial charge in [0.05, 0.1) is 5.00 Å². The summed E-state index contributed by atoms with van der Waals surface area (Å²) in [5.74, 6) is -0.514. The van der Waals surface area contributed by atoms with Crippen LogP contribution in [0.4, 0.5) is 13.8 Å². The second kappa shape index (κ2) is 6.99. The standard InChI is InChI=1S/C18H15F2N3O3S/c19-18(20)26-14-4-1-3-12-11(14)9-13(21-12)17(25)22-6-7-23(15(24)10-22)16-5-2-8-27-16/h1-5,8-9,18,21H,6-7,10H2. The van der Waals surface area contributed by atoms with E-state index in [4.69, 9.17) is 0 Å². The number of carbonyl (C=O) groups is 2. The third-order valence-electron chi connectivity index (χ3n) is 4.35. The van der Waals surface area contributed by atoms with E-state index in [1.54, 1.807) is 17.0 Å². The van der Waals surface area contributed by atoms with E-state index >= 15 is 0 Å². The molecule has 1 aromatic carbocycles. The minimum atomic E-state index is -2.95. The molecule has 1 aliphatic heterocycles. The van der Waals surface area contributed by atoms with Crippen LogP contribution in [0.3, 0.4) is 0 Å². The van der Waals surface area contributed by atoms with Gasteiger partial charge in [-0.1, -0.05) is 6.07 Å². The Morgan fingerprint density at radius 2 is 2.07 bits per heavy atom. The predicted molar refractivity (Wildman–Crippen MR) is 97.5 cm³/mol. The fourth-order valence-corrected chi connectivity index (χ4v) is 3.89. The van der Waals surface area contributed by atoms with Crippen LogP contribution in [0.5, 0.6) is 5.75 Å². The molecule has 27 heavy (non-hydrogen) atoms. The normalized spacial score (nSPS) is 15.0. The first kappa shape index (κ1) is 17.5. The number of H-pyrrole nitrogens is 1. The van der Waals surface area contributed by atoms with Gasteiger partial charge in [-0.25, -0.2) is 0 Å². The van der Waals surface area contributed by atoms with E-state index in [1.165, 1.54) is 28.4 Å². The Morgan fingerprint density at radius 3 is 2.78 bits per heavy atom. The van der Waals surface area contributed by atoms with E-state index in [2.05, 4.69) is 9.72 Å². The zero-order valence-corrected chi connectivity index (χ0v) is 14.8. The maximum atomic E-state index is 12.8. The molecule has 0 unspecified atom stereocenters. The molecule has 2 aromatic heterocycles. The highest BCUT2D eigenvalue weighted by Gasteiger charge is 2.29. The summed E-state index contributed by atoms with van der Waals surface area (Å²) >= 11 is 1.47. The zero-order valence-electron chi connectivity index (χ0n) is 14.0. The van der Waals surface area contributed by atoms with Crippen molar-refractivity contribution in [1.82, 2.24) is 9.88 Å². The highest BCUT2D eigenvalue weighted by Crippen LogP contribution is 2.29. The maximum Gasteiger partial charge on any atom is 0.387 e. The lowest BCUT2D eigenvalue weighted by atomic mass is 10.2. The number of benzene rings is 1. The highest BCUT2D eigenvalue weighted by molar-refractivity contribution is 7.14. The van der Waals surface area contributed by atoms with Crippen LogP contribution in [0.2, 0.25) is 0 Å². The van der Waals surface area contributed by atoms with E-state index < -0.39 is 6.61 Å². The van der Waals surface area contributed by atoms with Crippen molar-refractivity contribution in [3.05, 3.63) is 47.5 Å². The van der Waals surface area contributed by atoms with Crippen LogP contribution in [-0.2, 0) is 4.79 Å². The van der Waals surface area contributed by atoms with Crippen molar-refractivity contribution in [2.24, 2.45) is 0 Å². The van der Waals surface area contributed by atoms with Crippen LogP contribution >= 0.6 is 11.3 Å². The Balaban J connectivity index is 1.54. The molecule has 0 radical (unpaired) electrons. The van der Waals surface area contributed by atoms with Gasteiger partial charge in [-0.05, 0) is 35.7 Å². The lowest BCUT2D eigenvalue weighted by Crippen LogP contribution is -2.52. The molecule has 0 bridgehead atoms. The number of carbonyl (C=O) groups excluding carboxylic acids is 2. The number of thiophene rings is 1. The molecule has 0 spiro atoms. The van der Waals surface area contributed by atoms with Crippen molar-refractivity contribution in [1.29, 1.82) is 0 Å². The maximum absolute atomic E-state index is 12.8. The first-order chi connectivity index (χ1) is 13.0. The molecule has 3 aromatic rings. The third-order valence-corrected chi connectivity index (χ3v) is 5.24. The van der Waals surface area contributed by atoms with E-state index in [9.17, 15) is 18.4 Å². The summed E-state index contributed by atoms with van der Waals surface area (Å²) in [6.45, 7) is -2.19. The Morgan fingerprint density at radius 1 is 1.22 bits per heavy atom. The molecular formula is C18H15F2N3O3S. The topological polar surface area (TPSA) is 65.6 Å². The van der Waals surface area contributed by atoms with Crippen molar-refractivity contribution < 1.29 is 23.1 Å². The number of ether oxygens (including phenoxy) is 1. The van der Waals surface area contributed by atoms with E-state index in [-0.39, 0.29) is 29.8 Å². The summed E-state index contributed by atoms with van der Waals surface area (Å²) in [7, 11) is 0. The van der Waals surface area contributed by atoms with Crippen LogP contribution in [0.25, 0.3) is 10.9 Å². The number of piperazine rings is 1. The lowest BCUT2D eigenvalue weighted by molar-refractivity contribution is -0.120. The van der Waals surface area contributed by atoms with Gasteiger partial charge in [-0.3, -0.25) is 9.59 Å². The van der Waals surface area contributed by atoms with Crippen LogP contribution in [0, 0.1) is 0 Å². The number of aromatic amines is 1. The molecule has 6 nitrogen and oxygen atoms in total. The van der Waals surface area contributed by atoms with Gasteiger partial charge in [0.2, 0.25) is 5.91 Å². The molecule has 1 saturated heterocycles. The van der Waals surface area contributed by atoms with Gasteiger partial charge in [0.25, 0.3) is 5.91 Å². The molecule has 1 N–H and O–H groups in total. The van der Waals surface area contributed by atoms with Crippen molar-refractivity contribution in [2.75, 3.05) is 24.5 Å². The number of nitrogens with zero attached hydrogens (tertiary/aromatic N) is 2. The Labute approximate surface area is 156 Å². The SMILES string of the molecule is O=C(c1cc2c(OC(F)F)cccc2[nH]1)N1CCN(c2cccs2)C(=O)C1. The number of anilines is 1. The first-order valence-electron chi connectivity index (χ1n) is 8.22. The number of rotatable bonds is 4. The molecule has 1 fully saturated rings. The molecule has 4 rings (SSSR count). The number of amides is 2. The van der Waals surface area contributed by atoms with E-state index in [0.29, 0.717) is 24.0 Å². The number of fused-ring (bicyclic) bond motifs is 1. The molecular weight excluding hydrogens is 376 g/mol. The number of nitrogens with one attached hydrogen (secondary N) is 1. The molecule has 3 heterocycles. The van der Waals surface area contributed by atoms with E-state index in [0.717, 1.165) is 5.00 Å². The van der Waals surface area contributed by atoms with Crippen LogP contribution < -0.4 is 9.64 Å². The molecule has 2 amide bonds. The van der Waals surface area contributed by atoms with Crippen LogP contribution in [0.1, 0.15) is 10.5 Å². The second-order valence-electron chi connectivity index (χ2n) is 6.00. The number of halogens is 2. The van der Waals surface area contributed by atoms with Gasteiger partial charge in [0.15, 0.2) is 0 Å². The van der Waals surface area contributed by atoms with Crippen molar-refractivity contribution >= 4 is 39.1 Å². The second-order valence-corrected chi connectivity index (χ2v) is 6.93. The highest BCUT2D eigenvalue weighted by atomic mass is 32.1. The quantitative estimate of drug-likeness (QED) is 0.742. The van der Waals surface area contributed by atoms with Crippen molar-refractivity contribution in [3.63, 3.8) is 0 Å². The summed E-state index contributed by atoms with van der Waals surface area (Å²) in [6, 6.07) is 9.86. The Hall–Kier alpha value is -2.94. The number of aromatic nitrogens is 1. The monoisotopic (exact) mass is 391 g/mol. The molecule has 0 saturated carbocycles. The fourth-order valence-electron chi connectivity index (χ4n) is 3.11. The largest absolute Gasteiger partial charge is 0.434 e. The summed E-state index contributed by atoms with van der Waals surface area (Å²) in [5, 5.41) is 3.14. The van der Waals surface area contributed by atoms with Gasteiger partial charge in [0, 0.05) is 24.0 Å². The van der Waals surface area contributed by atoms with Gasteiger partial charge < -0.3 is 19.5 Å². The Bertz CT molecular complexity index is 987. The summed E-state index contributed by atoms with van der Waals surface area (Å²) in [4.78, 5) is 31.2. The summed E-state index contributed by atoms with van der Waals surface area (Å²) in [5.41, 5.74) is 0.743. The average molecular weight is 391 g/mol. The van der Waals surface area contributed by atoms with Gasteiger partial charge in [0.1, 0.15) is 18.0 Å². The lowest BCUT2D eigenvalue weighted by Gasteiger charge is -2.33. The zero-order chi connectivity index (χ0) is 19.0. The fraction of sp³-hybridized carbons (Fsp3) is 0.222. The molecule has 0 aliphatic carbocycles. The molecule has 0 atom stereocenters. The first-order valence-corrected chi connectivity index (χ1v) is 9.10. The average Bonchev–Trinajstić information content (AvgIpc) is 3.30. The van der Waals surface area contributed by atoms with Crippen molar-refractivity contribution in [3.8, 4) is 5.75 Å². The predicted octanol–water partition coefficient (Wildman–Crippen LogP) is 3.32. The Kier molecular flexibility index (Phi) is 4.53. The minimum absolute atomic E-state index is 0.00334. The van der Waals surface area contributed by atoms with Gasteiger partial charge in [-0.15, -0.1) is 11.3 Å². The third kappa shape index (κ3) is 3.37. The van der Waals surface area contributed by atoms with Gasteiger partial charge in [-0.2, -0.15) is 8.78 Å². The number of hydrogen-bond donors (Lipinski definition) is 1. The van der Waals surface area contributed by atoms with Crippen LogP contribution in [-0.4, -0.2) is 47.9 Å². The van der Waals surface area contributed by atoms with E-state index in [1.807, 2.05) is 17.5 Å². The molecule has 1 aliphatic rings. The van der Waals surface area contributed by atoms with Crippen molar-refractivity contribution in [2.45, 2.75) is 6.61 Å². The molecule has 140 valence electrons. The smallest absolute Gasteiger partial charge is 0.387 e. The minimum Gasteiger partial charge on any atom is -0.434 e. The number of hydrogen-bond acceptors (Lipinski definition) is 4. The van der Waals surface area contributed by atoms with Crippen LogP contribution in [0.15, 0.2) is 41.8 Å².